The number of hydrogen-bond acceptors (Lipinski definition) is 3. The lowest BCUT2D eigenvalue weighted by molar-refractivity contribution is -0.128. The van der Waals surface area contributed by atoms with Crippen molar-refractivity contribution in [1.82, 2.24) is 19.8 Å². The van der Waals surface area contributed by atoms with E-state index in [0.29, 0.717) is 19.5 Å². The van der Waals surface area contributed by atoms with Crippen molar-refractivity contribution in [2.75, 3.05) is 20.1 Å². The molecule has 0 saturated carbocycles. The Morgan fingerprint density at radius 1 is 1.24 bits per heavy atom. The number of nitrogens with one attached hydrogen (secondary N) is 1. The van der Waals surface area contributed by atoms with E-state index < -0.39 is 0 Å². The number of hydrogen-bond donors (Lipinski definition) is 1. The van der Waals surface area contributed by atoms with E-state index in [1.54, 1.807) is 11.9 Å². The standard InChI is InChI=1S/C19H26N4O2/c1-22-13-14(12-18(22)24)19(25)20-11-7-3-4-10-17-21-15-8-5-6-9-16(15)23(17)2/h5-6,8-9,14H,3-4,7,10-13H2,1-2H3,(H,20,25)/t14-/m1/s1. The van der Waals surface area contributed by atoms with Gasteiger partial charge in [-0.05, 0) is 25.0 Å². The maximum atomic E-state index is 12.0. The second-order valence-electron chi connectivity index (χ2n) is 6.85. The van der Waals surface area contributed by atoms with Crippen LogP contribution in [-0.4, -0.2) is 46.4 Å². The first kappa shape index (κ1) is 17.5. The van der Waals surface area contributed by atoms with Gasteiger partial charge in [-0.2, -0.15) is 0 Å². The molecule has 2 heterocycles. The molecule has 1 saturated heterocycles. The second-order valence-corrected chi connectivity index (χ2v) is 6.85. The Hall–Kier alpha value is -2.37. The SMILES string of the molecule is CN1C[C@H](C(=O)NCCCCCc2nc3ccccc3n2C)CC1=O. The Morgan fingerprint density at radius 2 is 2.04 bits per heavy atom. The van der Waals surface area contributed by atoms with Gasteiger partial charge >= 0.3 is 0 Å². The number of aryl methyl sites for hydroxylation is 2. The van der Waals surface area contributed by atoms with E-state index in [-0.39, 0.29) is 17.7 Å². The number of imidazole rings is 1. The number of likely N-dealkylation sites (tertiary alicyclic amines) is 1. The van der Waals surface area contributed by atoms with Gasteiger partial charge < -0.3 is 14.8 Å². The predicted molar refractivity (Wildman–Crippen MR) is 97.0 cm³/mol. The molecule has 0 radical (unpaired) electrons. The molecule has 25 heavy (non-hydrogen) atoms. The summed E-state index contributed by atoms with van der Waals surface area (Å²) in [6, 6.07) is 8.18. The Bertz CT molecular complexity index is 768. The van der Waals surface area contributed by atoms with Gasteiger partial charge in [-0.3, -0.25) is 9.59 Å². The topological polar surface area (TPSA) is 67.2 Å². The second kappa shape index (κ2) is 7.68. The fourth-order valence-electron chi connectivity index (χ4n) is 3.40. The van der Waals surface area contributed by atoms with Gasteiger partial charge in [0.1, 0.15) is 5.82 Å². The van der Waals surface area contributed by atoms with Crippen LogP contribution in [0, 0.1) is 5.92 Å². The van der Waals surface area contributed by atoms with Crippen molar-refractivity contribution in [2.45, 2.75) is 32.1 Å². The lowest BCUT2D eigenvalue weighted by Crippen LogP contribution is -2.32. The number of benzene rings is 1. The van der Waals surface area contributed by atoms with Crippen LogP contribution in [0.25, 0.3) is 11.0 Å². The van der Waals surface area contributed by atoms with Crippen LogP contribution in [-0.2, 0) is 23.1 Å². The van der Waals surface area contributed by atoms with Crippen molar-refractivity contribution in [3.05, 3.63) is 30.1 Å². The van der Waals surface area contributed by atoms with E-state index in [0.717, 1.165) is 37.0 Å². The largest absolute Gasteiger partial charge is 0.356 e. The minimum atomic E-state index is -0.183. The van der Waals surface area contributed by atoms with E-state index in [1.807, 2.05) is 18.2 Å². The first-order valence-corrected chi connectivity index (χ1v) is 8.98. The summed E-state index contributed by atoms with van der Waals surface area (Å²) in [6.07, 6.45) is 4.34. The molecular formula is C19H26N4O2. The van der Waals surface area contributed by atoms with E-state index in [9.17, 15) is 9.59 Å². The van der Waals surface area contributed by atoms with Gasteiger partial charge in [-0.1, -0.05) is 18.6 Å². The van der Waals surface area contributed by atoms with Crippen LogP contribution in [0.4, 0.5) is 0 Å². The van der Waals surface area contributed by atoms with Gasteiger partial charge in [0.2, 0.25) is 11.8 Å². The summed E-state index contributed by atoms with van der Waals surface area (Å²) in [7, 11) is 3.81. The van der Waals surface area contributed by atoms with Crippen molar-refractivity contribution in [1.29, 1.82) is 0 Å². The van der Waals surface area contributed by atoms with E-state index in [2.05, 4.69) is 28.0 Å². The number of rotatable bonds is 7. The van der Waals surface area contributed by atoms with Crippen LogP contribution < -0.4 is 5.32 Å². The summed E-state index contributed by atoms with van der Waals surface area (Å²) in [4.78, 5) is 29.8. The Balaban J connectivity index is 1.35. The highest BCUT2D eigenvalue weighted by Crippen LogP contribution is 2.17. The zero-order valence-corrected chi connectivity index (χ0v) is 15.0. The van der Waals surface area contributed by atoms with E-state index in [1.165, 1.54) is 5.52 Å². The highest BCUT2D eigenvalue weighted by Gasteiger charge is 2.31. The maximum absolute atomic E-state index is 12.0. The number of unbranched alkanes of at least 4 members (excludes halogenated alkanes) is 2. The summed E-state index contributed by atoms with van der Waals surface area (Å²) in [5.74, 6) is 0.992. The molecular weight excluding hydrogens is 316 g/mol. The number of fused-ring (bicyclic) bond motifs is 1. The molecule has 1 aromatic heterocycles. The Morgan fingerprint density at radius 3 is 2.76 bits per heavy atom. The summed E-state index contributed by atoms with van der Waals surface area (Å²) in [5.41, 5.74) is 2.21. The Labute approximate surface area is 148 Å². The van der Waals surface area contributed by atoms with Gasteiger partial charge in [0.15, 0.2) is 0 Å². The Kier molecular flexibility index (Phi) is 5.36. The third-order valence-electron chi connectivity index (χ3n) is 4.97. The van der Waals surface area contributed by atoms with Gasteiger partial charge in [0.05, 0.1) is 17.0 Å². The van der Waals surface area contributed by atoms with Crippen molar-refractivity contribution in [3.8, 4) is 0 Å². The third kappa shape index (κ3) is 4.00. The van der Waals surface area contributed by atoms with E-state index >= 15 is 0 Å². The average molecular weight is 342 g/mol. The number of carbonyl (C=O) groups is 2. The predicted octanol–water partition coefficient (Wildman–Crippen LogP) is 1.88. The minimum absolute atomic E-state index is 0.00745. The molecule has 6 nitrogen and oxygen atoms in total. The van der Waals surface area contributed by atoms with Crippen LogP contribution in [0.1, 0.15) is 31.5 Å². The highest BCUT2D eigenvalue weighted by atomic mass is 16.2. The van der Waals surface area contributed by atoms with Crippen LogP contribution in [0.5, 0.6) is 0 Å². The lowest BCUT2D eigenvalue weighted by atomic mass is 10.1. The van der Waals surface area contributed by atoms with Crippen molar-refractivity contribution < 1.29 is 9.59 Å². The molecule has 3 rings (SSSR count). The van der Waals surface area contributed by atoms with Gasteiger partial charge in [0.25, 0.3) is 0 Å². The lowest BCUT2D eigenvalue weighted by Gasteiger charge is -2.11. The molecule has 1 fully saturated rings. The van der Waals surface area contributed by atoms with Gasteiger partial charge in [0, 0.05) is 40.0 Å². The summed E-state index contributed by atoms with van der Waals surface area (Å²) >= 11 is 0. The number of nitrogens with zero attached hydrogens (tertiary/aromatic N) is 3. The van der Waals surface area contributed by atoms with Crippen LogP contribution in [0.2, 0.25) is 0 Å². The molecule has 134 valence electrons. The van der Waals surface area contributed by atoms with Gasteiger partial charge in [-0.25, -0.2) is 4.98 Å². The molecule has 1 N–H and O–H groups in total. The van der Waals surface area contributed by atoms with Crippen LogP contribution in [0.3, 0.4) is 0 Å². The third-order valence-corrected chi connectivity index (χ3v) is 4.97. The number of carbonyl (C=O) groups excluding carboxylic acids is 2. The zero-order chi connectivity index (χ0) is 17.8. The summed E-state index contributed by atoms with van der Waals surface area (Å²) in [5, 5.41) is 2.96. The maximum Gasteiger partial charge on any atom is 0.225 e. The molecule has 0 unspecified atom stereocenters. The van der Waals surface area contributed by atoms with Crippen LogP contribution in [0.15, 0.2) is 24.3 Å². The smallest absolute Gasteiger partial charge is 0.225 e. The summed E-state index contributed by atoms with van der Waals surface area (Å²) < 4.78 is 2.16. The fourth-order valence-corrected chi connectivity index (χ4v) is 3.40. The number of aromatic nitrogens is 2. The first-order chi connectivity index (χ1) is 12.1. The number of amides is 2. The quantitative estimate of drug-likeness (QED) is 0.781. The monoisotopic (exact) mass is 342 g/mol. The number of para-hydroxylation sites is 2. The highest BCUT2D eigenvalue weighted by molar-refractivity contribution is 5.89. The molecule has 6 heteroatoms. The first-order valence-electron chi connectivity index (χ1n) is 8.98. The molecule has 0 spiro atoms. The summed E-state index contributed by atoms with van der Waals surface area (Å²) in [6.45, 7) is 1.22. The minimum Gasteiger partial charge on any atom is -0.356 e. The molecule has 0 aliphatic carbocycles. The zero-order valence-electron chi connectivity index (χ0n) is 15.0. The molecule has 2 amide bonds. The molecule has 1 aliphatic rings. The van der Waals surface area contributed by atoms with E-state index in [4.69, 9.17) is 0 Å². The average Bonchev–Trinajstić information content (AvgIpc) is 3.11. The van der Waals surface area contributed by atoms with Crippen molar-refractivity contribution in [3.63, 3.8) is 0 Å². The molecule has 1 aromatic carbocycles. The van der Waals surface area contributed by atoms with Crippen molar-refractivity contribution in [2.24, 2.45) is 13.0 Å². The molecule has 0 bridgehead atoms. The van der Waals surface area contributed by atoms with Gasteiger partial charge in [-0.15, -0.1) is 0 Å². The molecule has 1 aliphatic heterocycles. The normalized spacial score (nSPS) is 17.4. The molecule has 2 aromatic rings. The van der Waals surface area contributed by atoms with Crippen molar-refractivity contribution >= 4 is 22.8 Å². The van der Waals surface area contributed by atoms with Crippen LogP contribution >= 0.6 is 0 Å². The molecule has 1 atom stereocenters. The fraction of sp³-hybridized carbons (Fsp3) is 0.526.